The van der Waals surface area contributed by atoms with Crippen LogP contribution in [0.15, 0.2) is 36.4 Å². The SMILES string of the molecule is COc1ccc([C@H]2c3c(cc(OC)c(OC)c3OC)C(=O)[C@@H]2c2cc(OC)c(OC)c(OC)c2)cc1OC(C)C. The van der Waals surface area contributed by atoms with Gasteiger partial charge in [-0.15, -0.1) is 0 Å². The summed E-state index contributed by atoms with van der Waals surface area (Å²) in [6.45, 7) is 3.89. The predicted octanol–water partition coefficient (Wildman–Crippen LogP) is 5.65. The topological polar surface area (TPSA) is 90.9 Å². The first-order valence-corrected chi connectivity index (χ1v) is 12.8. The van der Waals surface area contributed by atoms with Gasteiger partial charge in [0.1, 0.15) is 0 Å². The zero-order valence-corrected chi connectivity index (χ0v) is 24.4. The van der Waals surface area contributed by atoms with Crippen molar-refractivity contribution in [2.45, 2.75) is 31.8 Å². The van der Waals surface area contributed by atoms with E-state index in [9.17, 15) is 4.79 Å². The summed E-state index contributed by atoms with van der Waals surface area (Å²) >= 11 is 0. The van der Waals surface area contributed by atoms with Gasteiger partial charge in [0.25, 0.3) is 0 Å². The molecule has 3 aromatic rings. The lowest BCUT2D eigenvalue weighted by molar-refractivity contribution is 0.0967. The van der Waals surface area contributed by atoms with Crippen LogP contribution in [0, 0.1) is 0 Å². The molecule has 0 spiro atoms. The van der Waals surface area contributed by atoms with Gasteiger partial charge in [-0.2, -0.15) is 0 Å². The molecule has 0 radical (unpaired) electrons. The number of hydrogen-bond donors (Lipinski definition) is 0. The van der Waals surface area contributed by atoms with E-state index < -0.39 is 11.8 Å². The molecule has 0 aromatic heterocycles. The van der Waals surface area contributed by atoms with E-state index in [-0.39, 0.29) is 11.9 Å². The Morgan fingerprint density at radius 3 is 1.57 bits per heavy atom. The van der Waals surface area contributed by atoms with Gasteiger partial charge >= 0.3 is 0 Å². The quantitative estimate of drug-likeness (QED) is 0.299. The van der Waals surface area contributed by atoms with Crippen molar-refractivity contribution in [3.63, 3.8) is 0 Å². The van der Waals surface area contributed by atoms with Gasteiger partial charge in [-0.1, -0.05) is 6.07 Å². The molecule has 0 N–H and O–H groups in total. The van der Waals surface area contributed by atoms with Gasteiger partial charge in [-0.05, 0) is 55.3 Å². The maximum atomic E-state index is 14.3. The van der Waals surface area contributed by atoms with E-state index in [2.05, 4.69) is 0 Å². The summed E-state index contributed by atoms with van der Waals surface area (Å²) in [6.07, 6.45) is -0.0913. The van der Waals surface area contributed by atoms with E-state index in [0.717, 1.165) is 5.56 Å². The summed E-state index contributed by atoms with van der Waals surface area (Å²) < 4.78 is 45.6. The highest BCUT2D eigenvalue weighted by Crippen LogP contribution is 2.57. The van der Waals surface area contributed by atoms with Crippen LogP contribution in [0.3, 0.4) is 0 Å². The molecule has 1 aliphatic carbocycles. The molecule has 0 aliphatic heterocycles. The Hall–Kier alpha value is -4.27. The van der Waals surface area contributed by atoms with Crippen LogP contribution in [-0.4, -0.2) is 61.7 Å². The molecule has 1 aliphatic rings. The fraction of sp³-hybridized carbons (Fsp3) is 0.387. The highest BCUT2D eigenvalue weighted by Gasteiger charge is 2.46. The Bertz CT molecular complexity index is 1370. The smallest absolute Gasteiger partial charge is 0.203 e. The second-order valence-electron chi connectivity index (χ2n) is 9.46. The molecule has 214 valence electrons. The largest absolute Gasteiger partial charge is 0.493 e. The minimum absolute atomic E-state index is 0.0913. The second-order valence-corrected chi connectivity index (χ2v) is 9.46. The summed E-state index contributed by atoms with van der Waals surface area (Å²) in [7, 11) is 10.8. The molecule has 0 bridgehead atoms. The highest BCUT2D eigenvalue weighted by molar-refractivity contribution is 6.08. The van der Waals surface area contributed by atoms with Crippen LogP contribution in [0.25, 0.3) is 0 Å². The van der Waals surface area contributed by atoms with Gasteiger partial charge in [0.05, 0.1) is 61.8 Å². The minimum atomic E-state index is -0.672. The van der Waals surface area contributed by atoms with Crippen LogP contribution >= 0.6 is 0 Å². The Labute approximate surface area is 234 Å². The molecule has 0 amide bonds. The molecule has 0 saturated heterocycles. The number of carbonyl (C=O) groups is 1. The average Bonchev–Trinajstić information content (AvgIpc) is 3.26. The van der Waals surface area contributed by atoms with Gasteiger partial charge in [0.2, 0.25) is 11.5 Å². The fourth-order valence-corrected chi connectivity index (χ4v) is 5.39. The average molecular weight is 553 g/mol. The highest BCUT2D eigenvalue weighted by atomic mass is 16.5. The zero-order valence-electron chi connectivity index (χ0n) is 24.4. The van der Waals surface area contributed by atoms with Crippen molar-refractivity contribution in [2.24, 2.45) is 0 Å². The third-order valence-electron chi connectivity index (χ3n) is 7.02. The van der Waals surface area contributed by atoms with Crippen molar-refractivity contribution in [3.05, 3.63) is 58.7 Å². The number of ether oxygens (including phenoxy) is 8. The zero-order chi connectivity index (χ0) is 29.1. The van der Waals surface area contributed by atoms with Crippen molar-refractivity contribution >= 4 is 5.78 Å². The first-order valence-electron chi connectivity index (χ1n) is 12.8. The van der Waals surface area contributed by atoms with Crippen LogP contribution in [0.5, 0.6) is 46.0 Å². The number of rotatable bonds is 11. The fourth-order valence-electron chi connectivity index (χ4n) is 5.39. The summed E-state index contributed by atoms with van der Waals surface area (Å²) in [6, 6.07) is 11.0. The van der Waals surface area contributed by atoms with E-state index in [1.54, 1.807) is 46.6 Å². The van der Waals surface area contributed by atoms with E-state index in [0.29, 0.717) is 62.7 Å². The first-order chi connectivity index (χ1) is 19.3. The van der Waals surface area contributed by atoms with E-state index in [1.165, 1.54) is 21.3 Å². The van der Waals surface area contributed by atoms with Gasteiger partial charge in [-0.25, -0.2) is 0 Å². The minimum Gasteiger partial charge on any atom is -0.493 e. The van der Waals surface area contributed by atoms with Gasteiger partial charge < -0.3 is 37.9 Å². The third kappa shape index (κ3) is 4.80. The standard InChI is InChI=1S/C31H36O9/c1-16(2)40-21-12-17(10-11-20(21)33-3)25-26(18-13-22(34-4)29(37-7)23(14-18)35-5)28(32)19-15-24(36-6)30(38-8)31(39-9)27(19)25/h10-16,25-26H,1-9H3/t25-,26-/m1/s1. The van der Waals surface area contributed by atoms with Crippen molar-refractivity contribution in [2.75, 3.05) is 49.8 Å². The van der Waals surface area contributed by atoms with E-state index in [4.69, 9.17) is 37.9 Å². The maximum Gasteiger partial charge on any atom is 0.203 e. The number of Topliss-reactive ketones (excluding diaryl/α,β-unsaturated/α-hetero) is 1. The molecule has 0 heterocycles. The number of hydrogen-bond acceptors (Lipinski definition) is 9. The number of methoxy groups -OCH3 is 7. The molecule has 0 unspecified atom stereocenters. The summed E-state index contributed by atoms with van der Waals surface area (Å²) in [4.78, 5) is 14.3. The van der Waals surface area contributed by atoms with E-state index in [1.807, 2.05) is 32.0 Å². The summed E-state index contributed by atoms with van der Waals surface area (Å²) in [5.41, 5.74) is 2.67. The third-order valence-corrected chi connectivity index (χ3v) is 7.02. The molecule has 0 fully saturated rings. The van der Waals surface area contributed by atoms with Crippen molar-refractivity contribution in [1.29, 1.82) is 0 Å². The number of fused-ring (bicyclic) bond motifs is 1. The Morgan fingerprint density at radius 2 is 1.07 bits per heavy atom. The molecule has 2 atom stereocenters. The first kappa shape index (κ1) is 28.7. The lowest BCUT2D eigenvalue weighted by atomic mass is 9.80. The number of ketones is 1. The lowest BCUT2D eigenvalue weighted by Gasteiger charge is -2.25. The van der Waals surface area contributed by atoms with Crippen LogP contribution in [0.4, 0.5) is 0 Å². The number of benzene rings is 3. The van der Waals surface area contributed by atoms with Crippen LogP contribution < -0.4 is 37.9 Å². The van der Waals surface area contributed by atoms with Crippen LogP contribution in [-0.2, 0) is 0 Å². The summed E-state index contributed by atoms with van der Waals surface area (Å²) in [5, 5.41) is 0. The van der Waals surface area contributed by atoms with Crippen molar-refractivity contribution in [1.82, 2.24) is 0 Å². The molecule has 0 saturated carbocycles. The Balaban J connectivity index is 2.06. The lowest BCUT2D eigenvalue weighted by Crippen LogP contribution is -2.15. The van der Waals surface area contributed by atoms with Crippen molar-refractivity contribution in [3.8, 4) is 46.0 Å². The maximum absolute atomic E-state index is 14.3. The van der Waals surface area contributed by atoms with Gasteiger partial charge in [-0.3, -0.25) is 4.79 Å². The summed E-state index contributed by atoms with van der Waals surface area (Å²) in [5.74, 6) is 2.43. The predicted molar refractivity (Wildman–Crippen MR) is 150 cm³/mol. The van der Waals surface area contributed by atoms with Crippen LogP contribution in [0.2, 0.25) is 0 Å². The van der Waals surface area contributed by atoms with Gasteiger partial charge in [0.15, 0.2) is 40.3 Å². The molecular weight excluding hydrogens is 516 g/mol. The Kier molecular flexibility index (Phi) is 8.52. The number of carbonyl (C=O) groups excluding carboxylic acids is 1. The van der Waals surface area contributed by atoms with E-state index >= 15 is 0 Å². The normalized spacial score (nSPS) is 15.9. The molecular formula is C31H36O9. The molecule has 40 heavy (non-hydrogen) atoms. The molecule has 4 rings (SSSR count). The molecule has 9 nitrogen and oxygen atoms in total. The van der Waals surface area contributed by atoms with Crippen molar-refractivity contribution < 1.29 is 42.7 Å². The molecule has 3 aromatic carbocycles. The van der Waals surface area contributed by atoms with Gasteiger partial charge in [0, 0.05) is 17.0 Å². The van der Waals surface area contributed by atoms with Crippen LogP contribution in [0.1, 0.15) is 52.7 Å². The second kappa shape index (κ2) is 11.9. The Morgan fingerprint density at radius 1 is 0.550 bits per heavy atom. The molecule has 9 heteroatoms. The monoisotopic (exact) mass is 552 g/mol.